The van der Waals surface area contributed by atoms with Crippen LogP contribution in [0, 0.1) is 0 Å². The molecule has 24 heavy (non-hydrogen) atoms. The third-order valence-electron chi connectivity index (χ3n) is 3.70. The lowest BCUT2D eigenvalue weighted by atomic mass is 10.2. The fraction of sp³-hybridized carbons (Fsp3) is 0.353. The second-order valence-corrected chi connectivity index (χ2v) is 5.47. The average Bonchev–Trinajstić information content (AvgIpc) is 3.06. The highest BCUT2D eigenvalue weighted by molar-refractivity contribution is 5.97. The fourth-order valence-corrected chi connectivity index (χ4v) is 2.42. The lowest BCUT2D eigenvalue weighted by Crippen LogP contribution is -2.38. The molecule has 0 bridgehead atoms. The fourth-order valence-electron chi connectivity index (χ4n) is 2.42. The Morgan fingerprint density at radius 2 is 2.21 bits per heavy atom. The van der Waals surface area contributed by atoms with Gasteiger partial charge in [0.1, 0.15) is 18.6 Å². The van der Waals surface area contributed by atoms with Crippen LogP contribution in [0.3, 0.4) is 0 Å². The molecule has 3 rings (SSSR count). The number of rotatable bonds is 6. The third kappa shape index (κ3) is 3.40. The topological polar surface area (TPSA) is 84.7 Å². The number of fused-ring (bicyclic) bond motifs is 1. The molecule has 0 unspecified atom stereocenters. The highest BCUT2D eigenvalue weighted by atomic mass is 16.5. The minimum absolute atomic E-state index is 0.0257. The molecule has 1 aromatic heterocycles. The number of hydrogen-bond acceptors (Lipinski definition) is 5. The third-order valence-corrected chi connectivity index (χ3v) is 3.70. The number of hydrogen-bond donors (Lipinski definition) is 1. The van der Waals surface area contributed by atoms with Crippen molar-refractivity contribution < 1.29 is 18.7 Å². The van der Waals surface area contributed by atoms with Gasteiger partial charge in [0.2, 0.25) is 5.89 Å². The zero-order valence-electron chi connectivity index (χ0n) is 13.4. The van der Waals surface area contributed by atoms with Gasteiger partial charge in [-0.3, -0.25) is 14.5 Å². The van der Waals surface area contributed by atoms with Gasteiger partial charge < -0.3 is 14.5 Å². The normalized spacial score (nSPS) is 13.4. The number of carbonyl (C=O) groups is 2. The Kier molecular flexibility index (Phi) is 4.79. The van der Waals surface area contributed by atoms with Crippen molar-refractivity contribution in [1.29, 1.82) is 0 Å². The van der Waals surface area contributed by atoms with Gasteiger partial charge in [-0.05, 0) is 18.6 Å². The van der Waals surface area contributed by atoms with Gasteiger partial charge in [-0.1, -0.05) is 25.5 Å². The van der Waals surface area contributed by atoms with Crippen molar-refractivity contribution in [2.45, 2.75) is 26.3 Å². The molecular weight excluding hydrogens is 310 g/mol. The zero-order valence-corrected chi connectivity index (χ0v) is 13.4. The Balaban J connectivity index is 1.71. The molecule has 2 amide bonds. The van der Waals surface area contributed by atoms with Crippen LogP contribution in [0.25, 0.3) is 0 Å². The van der Waals surface area contributed by atoms with Gasteiger partial charge in [-0.25, -0.2) is 4.98 Å². The quantitative estimate of drug-likeness (QED) is 0.821. The van der Waals surface area contributed by atoms with E-state index in [0.29, 0.717) is 23.9 Å². The van der Waals surface area contributed by atoms with Gasteiger partial charge in [-0.2, -0.15) is 0 Å². The lowest BCUT2D eigenvalue weighted by molar-refractivity contribution is -0.121. The van der Waals surface area contributed by atoms with Crippen LogP contribution in [-0.4, -0.2) is 29.9 Å². The summed E-state index contributed by atoms with van der Waals surface area (Å²) < 4.78 is 10.7. The molecule has 1 aromatic carbocycles. The molecule has 1 N–H and O–H groups in total. The van der Waals surface area contributed by atoms with E-state index in [1.165, 1.54) is 6.26 Å². The van der Waals surface area contributed by atoms with Crippen molar-refractivity contribution in [3.63, 3.8) is 0 Å². The van der Waals surface area contributed by atoms with E-state index < -0.39 is 0 Å². The largest absolute Gasteiger partial charge is 0.482 e. The first-order valence-corrected chi connectivity index (χ1v) is 7.94. The van der Waals surface area contributed by atoms with Crippen LogP contribution in [0.15, 0.2) is 34.9 Å². The zero-order chi connectivity index (χ0) is 16.9. The SMILES string of the molecule is CCCCNC(=O)c1coc(CN2C(=O)COc3ccccc32)n1. The summed E-state index contributed by atoms with van der Waals surface area (Å²) in [6.45, 7) is 2.79. The number of nitrogens with zero attached hydrogens (tertiary/aromatic N) is 2. The van der Waals surface area contributed by atoms with E-state index in [-0.39, 0.29) is 30.7 Å². The Labute approximate surface area is 139 Å². The Morgan fingerprint density at radius 3 is 3.04 bits per heavy atom. The van der Waals surface area contributed by atoms with Gasteiger partial charge in [0, 0.05) is 6.54 Å². The van der Waals surface area contributed by atoms with Crippen molar-refractivity contribution in [3.05, 3.63) is 42.1 Å². The predicted molar refractivity (Wildman–Crippen MR) is 86.9 cm³/mol. The molecule has 126 valence electrons. The lowest BCUT2D eigenvalue weighted by Gasteiger charge is -2.28. The number of anilines is 1. The van der Waals surface area contributed by atoms with Crippen LogP contribution in [0.4, 0.5) is 5.69 Å². The smallest absolute Gasteiger partial charge is 0.273 e. The first-order valence-electron chi connectivity index (χ1n) is 7.94. The van der Waals surface area contributed by atoms with Gasteiger partial charge in [0.05, 0.1) is 5.69 Å². The van der Waals surface area contributed by atoms with Gasteiger partial charge in [0.25, 0.3) is 11.8 Å². The van der Waals surface area contributed by atoms with E-state index in [2.05, 4.69) is 17.2 Å². The number of ether oxygens (including phenoxy) is 1. The Morgan fingerprint density at radius 1 is 1.38 bits per heavy atom. The minimum atomic E-state index is -0.271. The van der Waals surface area contributed by atoms with Crippen LogP contribution in [-0.2, 0) is 11.3 Å². The molecule has 0 spiro atoms. The molecule has 2 heterocycles. The van der Waals surface area contributed by atoms with Gasteiger partial charge >= 0.3 is 0 Å². The van der Waals surface area contributed by atoms with Gasteiger partial charge in [-0.15, -0.1) is 0 Å². The first kappa shape index (κ1) is 16.0. The Hall–Kier alpha value is -2.83. The van der Waals surface area contributed by atoms with Crippen LogP contribution in [0.5, 0.6) is 5.75 Å². The maximum Gasteiger partial charge on any atom is 0.273 e. The van der Waals surface area contributed by atoms with E-state index in [1.54, 1.807) is 17.0 Å². The van der Waals surface area contributed by atoms with E-state index in [9.17, 15) is 9.59 Å². The van der Waals surface area contributed by atoms with Crippen LogP contribution in [0.2, 0.25) is 0 Å². The molecule has 2 aromatic rings. The number of para-hydroxylation sites is 2. The average molecular weight is 329 g/mol. The number of benzene rings is 1. The van der Waals surface area contributed by atoms with Crippen molar-refractivity contribution in [2.75, 3.05) is 18.1 Å². The van der Waals surface area contributed by atoms with E-state index in [4.69, 9.17) is 9.15 Å². The summed E-state index contributed by atoms with van der Waals surface area (Å²) >= 11 is 0. The maximum atomic E-state index is 12.1. The van der Waals surface area contributed by atoms with E-state index in [1.807, 2.05) is 12.1 Å². The highest BCUT2D eigenvalue weighted by Crippen LogP contribution is 2.32. The molecule has 0 saturated carbocycles. The van der Waals surface area contributed by atoms with Crippen LogP contribution < -0.4 is 15.0 Å². The van der Waals surface area contributed by atoms with E-state index in [0.717, 1.165) is 12.8 Å². The summed E-state index contributed by atoms with van der Waals surface area (Å²) in [5.41, 5.74) is 0.885. The standard InChI is InChI=1S/C17H19N3O4/c1-2-3-8-18-17(22)12-10-24-15(19-12)9-20-13-6-4-5-7-14(13)23-11-16(20)21/h4-7,10H,2-3,8-9,11H2,1H3,(H,18,22). The van der Waals surface area contributed by atoms with Gasteiger partial charge in [0.15, 0.2) is 12.3 Å². The van der Waals surface area contributed by atoms with Crippen molar-refractivity contribution in [1.82, 2.24) is 10.3 Å². The number of oxazole rings is 1. The van der Waals surface area contributed by atoms with Crippen molar-refractivity contribution in [3.8, 4) is 5.75 Å². The molecule has 0 saturated heterocycles. The summed E-state index contributed by atoms with van der Waals surface area (Å²) in [7, 11) is 0. The van der Waals surface area contributed by atoms with Crippen LogP contribution >= 0.6 is 0 Å². The summed E-state index contributed by atoms with van der Waals surface area (Å²) in [5, 5.41) is 2.78. The monoisotopic (exact) mass is 329 g/mol. The molecule has 0 fully saturated rings. The summed E-state index contributed by atoms with van der Waals surface area (Å²) in [6.07, 6.45) is 3.23. The minimum Gasteiger partial charge on any atom is -0.482 e. The van der Waals surface area contributed by atoms with Crippen molar-refractivity contribution >= 4 is 17.5 Å². The number of carbonyl (C=O) groups excluding carboxylic acids is 2. The first-order chi connectivity index (χ1) is 11.7. The number of unbranched alkanes of at least 4 members (excludes halogenated alkanes) is 1. The second kappa shape index (κ2) is 7.16. The molecule has 0 radical (unpaired) electrons. The molecule has 1 aliphatic heterocycles. The molecule has 0 aliphatic carbocycles. The molecule has 1 aliphatic rings. The Bertz CT molecular complexity index is 741. The number of amides is 2. The summed E-state index contributed by atoms with van der Waals surface area (Å²) in [5.74, 6) is 0.495. The number of aromatic nitrogens is 1. The second-order valence-electron chi connectivity index (χ2n) is 5.47. The van der Waals surface area contributed by atoms with E-state index >= 15 is 0 Å². The molecular formula is C17H19N3O4. The maximum absolute atomic E-state index is 12.1. The summed E-state index contributed by atoms with van der Waals surface area (Å²) in [6, 6.07) is 7.28. The van der Waals surface area contributed by atoms with Crippen molar-refractivity contribution in [2.24, 2.45) is 0 Å². The highest BCUT2D eigenvalue weighted by Gasteiger charge is 2.27. The molecule has 0 atom stereocenters. The summed E-state index contributed by atoms with van der Waals surface area (Å²) in [4.78, 5) is 29.8. The van der Waals surface area contributed by atoms with Crippen LogP contribution in [0.1, 0.15) is 36.1 Å². The molecule has 7 heteroatoms. The molecule has 7 nitrogen and oxygen atoms in total. The predicted octanol–water partition coefficient (Wildman–Crippen LogP) is 2.13. The number of nitrogens with one attached hydrogen (secondary N) is 1.